The van der Waals surface area contributed by atoms with Gasteiger partial charge in [0.1, 0.15) is 36.6 Å². The van der Waals surface area contributed by atoms with Gasteiger partial charge in [-0.1, -0.05) is 13.8 Å². The average Bonchev–Trinajstić information content (AvgIpc) is 2.41. The summed E-state index contributed by atoms with van der Waals surface area (Å²) >= 11 is 0. The highest BCUT2D eigenvalue weighted by Gasteiger charge is 2.51. The minimum Gasteiger partial charge on any atom is -0.455 e. The topological polar surface area (TPSA) is 142 Å². The van der Waals surface area contributed by atoms with E-state index < -0.39 is 48.6 Å². The maximum absolute atomic E-state index is 11.9. The molecular weight excluding hydrogens is 282 g/mol. The largest absolute Gasteiger partial charge is 0.455 e. The summed E-state index contributed by atoms with van der Waals surface area (Å²) in [4.78, 5) is 11.9. The molecule has 1 rings (SSSR count). The number of ether oxygens (including phenoxy) is 2. The van der Waals surface area contributed by atoms with Gasteiger partial charge in [-0.15, -0.1) is 0 Å². The molecule has 1 fully saturated rings. The van der Waals surface area contributed by atoms with Gasteiger partial charge in [-0.25, -0.2) is 0 Å². The van der Waals surface area contributed by atoms with E-state index in [-0.39, 0.29) is 5.92 Å². The van der Waals surface area contributed by atoms with Gasteiger partial charge in [0.2, 0.25) is 0 Å². The van der Waals surface area contributed by atoms with Crippen LogP contribution in [0.5, 0.6) is 0 Å². The van der Waals surface area contributed by atoms with Crippen molar-refractivity contribution in [1.29, 1.82) is 0 Å². The van der Waals surface area contributed by atoms with Gasteiger partial charge in [0, 0.05) is 7.11 Å². The molecule has 0 heterocycles. The van der Waals surface area contributed by atoms with Crippen LogP contribution in [-0.4, -0.2) is 76.2 Å². The number of esters is 1. The van der Waals surface area contributed by atoms with E-state index in [1.165, 1.54) is 7.11 Å². The molecule has 0 spiro atoms. The van der Waals surface area contributed by atoms with E-state index in [2.05, 4.69) is 0 Å². The number of carbonyl (C=O) groups is 1. The van der Waals surface area contributed by atoms with Crippen LogP contribution in [0.3, 0.4) is 0 Å². The molecule has 0 aliphatic heterocycles. The molecule has 8 heteroatoms. The summed E-state index contributed by atoms with van der Waals surface area (Å²) in [6, 6.07) is -0.879. The standard InChI is InChI=1S/C13H25NO7/c1-5(2)4-6(14)13(19)21-12-10(18)8(16)7(15)9(17)11(12)20-3/h5-12,15-18H,4,14H2,1-3H3/t6-,7?,8?,9?,10?,11?,12?/m0/s1. The van der Waals surface area contributed by atoms with Crippen LogP contribution in [0.15, 0.2) is 0 Å². The fourth-order valence-corrected chi connectivity index (χ4v) is 2.42. The summed E-state index contributed by atoms with van der Waals surface area (Å²) in [6.45, 7) is 3.79. The Morgan fingerprint density at radius 2 is 1.52 bits per heavy atom. The predicted molar refractivity (Wildman–Crippen MR) is 72.1 cm³/mol. The van der Waals surface area contributed by atoms with Crippen molar-refractivity contribution in [3.8, 4) is 0 Å². The van der Waals surface area contributed by atoms with E-state index in [9.17, 15) is 25.2 Å². The molecule has 8 nitrogen and oxygen atoms in total. The molecule has 7 atom stereocenters. The first-order valence-electron chi connectivity index (χ1n) is 6.91. The van der Waals surface area contributed by atoms with Crippen molar-refractivity contribution >= 4 is 5.97 Å². The zero-order chi connectivity index (χ0) is 16.3. The maximum Gasteiger partial charge on any atom is 0.323 e. The molecule has 1 saturated carbocycles. The molecule has 0 aromatic carbocycles. The summed E-state index contributed by atoms with van der Waals surface area (Å²) in [5.41, 5.74) is 5.69. The Bertz CT molecular complexity index is 351. The third-order valence-corrected chi connectivity index (χ3v) is 3.60. The van der Waals surface area contributed by atoms with Gasteiger partial charge in [-0.3, -0.25) is 4.79 Å². The van der Waals surface area contributed by atoms with Crippen molar-refractivity contribution in [2.75, 3.05) is 7.11 Å². The van der Waals surface area contributed by atoms with Crippen LogP contribution in [0.25, 0.3) is 0 Å². The summed E-state index contributed by atoms with van der Waals surface area (Å²) in [5, 5.41) is 39.0. The van der Waals surface area contributed by atoms with Crippen LogP contribution >= 0.6 is 0 Å². The molecule has 6 N–H and O–H groups in total. The number of aliphatic hydroxyl groups is 4. The summed E-state index contributed by atoms with van der Waals surface area (Å²) in [5.74, 6) is -0.578. The lowest BCUT2D eigenvalue weighted by Gasteiger charge is -2.42. The Morgan fingerprint density at radius 1 is 1.05 bits per heavy atom. The fourth-order valence-electron chi connectivity index (χ4n) is 2.42. The Hall–Kier alpha value is -0.770. The van der Waals surface area contributed by atoms with Crippen LogP contribution in [0, 0.1) is 5.92 Å². The first-order valence-corrected chi connectivity index (χ1v) is 6.91. The van der Waals surface area contributed by atoms with Gasteiger partial charge in [0.25, 0.3) is 0 Å². The number of aliphatic hydroxyl groups excluding tert-OH is 4. The summed E-state index contributed by atoms with van der Waals surface area (Å²) in [6.07, 6.45) is -8.39. The normalized spacial score (nSPS) is 38.3. The van der Waals surface area contributed by atoms with Gasteiger partial charge >= 0.3 is 5.97 Å². The molecule has 21 heavy (non-hydrogen) atoms. The van der Waals surface area contributed by atoms with Crippen molar-refractivity contribution in [3.05, 3.63) is 0 Å². The number of hydrogen-bond donors (Lipinski definition) is 5. The van der Waals surface area contributed by atoms with Gasteiger partial charge in [-0.2, -0.15) is 0 Å². The SMILES string of the molecule is COC1C(O)C(O)C(O)C(O)C1OC(=O)[C@@H](N)CC(C)C. The molecule has 1 aliphatic rings. The van der Waals surface area contributed by atoms with Crippen molar-refractivity contribution in [2.45, 2.75) is 62.9 Å². The molecule has 0 aromatic rings. The molecule has 0 bridgehead atoms. The number of hydrogen-bond acceptors (Lipinski definition) is 8. The predicted octanol–water partition coefficient (Wildman–Crippen LogP) is -2.26. The summed E-state index contributed by atoms with van der Waals surface area (Å²) < 4.78 is 10.1. The zero-order valence-corrected chi connectivity index (χ0v) is 12.4. The third-order valence-electron chi connectivity index (χ3n) is 3.60. The minimum absolute atomic E-state index is 0.181. The Labute approximate surface area is 123 Å². The first-order chi connectivity index (χ1) is 9.70. The van der Waals surface area contributed by atoms with Crippen LogP contribution in [0.4, 0.5) is 0 Å². The third kappa shape index (κ3) is 4.12. The Morgan fingerprint density at radius 3 is 1.95 bits per heavy atom. The van der Waals surface area contributed by atoms with Gasteiger partial charge in [0.05, 0.1) is 0 Å². The average molecular weight is 307 g/mol. The molecule has 0 amide bonds. The molecular formula is C13H25NO7. The number of nitrogens with two attached hydrogens (primary N) is 1. The molecule has 0 saturated heterocycles. The van der Waals surface area contributed by atoms with Gasteiger partial charge in [0.15, 0.2) is 6.10 Å². The lowest BCUT2D eigenvalue weighted by atomic mass is 9.84. The van der Waals surface area contributed by atoms with Crippen molar-refractivity contribution in [3.63, 3.8) is 0 Å². The molecule has 1 aliphatic carbocycles. The second-order valence-electron chi connectivity index (χ2n) is 5.80. The van der Waals surface area contributed by atoms with Crippen LogP contribution in [0.1, 0.15) is 20.3 Å². The van der Waals surface area contributed by atoms with E-state index >= 15 is 0 Å². The fraction of sp³-hybridized carbons (Fsp3) is 0.923. The quantitative estimate of drug-likeness (QED) is 0.358. The highest BCUT2D eigenvalue weighted by molar-refractivity contribution is 5.75. The Kier molecular flexibility index (Phi) is 6.51. The Balaban J connectivity index is 2.80. The number of rotatable bonds is 5. The van der Waals surface area contributed by atoms with E-state index in [4.69, 9.17) is 15.2 Å². The molecule has 0 aromatic heterocycles. The zero-order valence-electron chi connectivity index (χ0n) is 12.4. The smallest absolute Gasteiger partial charge is 0.323 e. The number of methoxy groups -OCH3 is 1. The summed E-state index contributed by atoms with van der Waals surface area (Å²) in [7, 11) is 1.24. The minimum atomic E-state index is -1.65. The van der Waals surface area contributed by atoms with Crippen molar-refractivity contribution < 1.29 is 34.7 Å². The van der Waals surface area contributed by atoms with E-state index in [1.54, 1.807) is 0 Å². The van der Waals surface area contributed by atoms with E-state index in [1.807, 2.05) is 13.8 Å². The highest BCUT2D eigenvalue weighted by atomic mass is 16.6. The van der Waals surface area contributed by atoms with Crippen LogP contribution < -0.4 is 5.73 Å². The van der Waals surface area contributed by atoms with Gasteiger partial charge < -0.3 is 35.6 Å². The lowest BCUT2D eigenvalue weighted by Crippen LogP contribution is -2.65. The van der Waals surface area contributed by atoms with Crippen LogP contribution in [-0.2, 0) is 14.3 Å². The molecule has 0 radical (unpaired) electrons. The monoisotopic (exact) mass is 307 g/mol. The second kappa shape index (κ2) is 7.48. The second-order valence-corrected chi connectivity index (χ2v) is 5.80. The maximum atomic E-state index is 11.9. The lowest BCUT2D eigenvalue weighted by molar-refractivity contribution is -0.239. The highest BCUT2D eigenvalue weighted by Crippen LogP contribution is 2.26. The molecule has 124 valence electrons. The molecule has 6 unspecified atom stereocenters. The van der Waals surface area contributed by atoms with E-state index in [0.29, 0.717) is 6.42 Å². The first kappa shape index (κ1) is 18.3. The van der Waals surface area contributed by atoms with Crippen LogP contribution in [0.2, 0.25) is 0 Å². The van der Waals surface area contributed by atoms with E-state index in [0.717, 1.165) is 0 Å². The van der Waals surface area contributed by atoms with Gasteiger partial charge in [-0.05, 0) is 12.3 Å². The van der Waals surface area contributed by atoms with Crippen molar-refractivity contribution in [1.82, 2.24) is 0 Å². The number of carbonyl (C=O) groups excluding carboxylic acids is 1. The van der Waals surface area contributed by atoms with Crippen molar-refractivity contribution in [2.24, 2.45) is 11.7 Å².